The van der Waals surface area contributed by atoms with E-state index in [1.807, 2.05) is 32.0 Å². The Kier molecular flexibility index (Phi) is 7.64. The molecule has 18 heavy (non-hydrogen) atoms. The van der Waals surface area contributed by atoms with E-state index < -0.39 is 0 Å². The Morgan fingerprint density at radius 2 is 2.11 bits per heavy atom. The van der Waals surface area contributed by atoms with Gasteiger partial charge in [-0.15, -0.1) is 12.4 Å². The van der Waals surface area contributed by atoms with Crippen LogP contribution in [0.3, 0.4) is 0 Å². The fraction of sp³-hybridized carbons (Fsp3) is 0.500. The molecule has 1 amide bonds. The van der Waals surface area contributed by atoms with Crippen LogP contribution >= 0.6 is 12.4 Å². The Bertz CT molecular complexity index is 391. The molecule has 0 aromatic heterocycles. The van der Waals surface area contributed by atoms with E-state index in [-0.39, 0.29) is 24.4 Å². The van der Waals surface area contributed by atoms with E-state index in [1.165, 1.54) is 5.56 Å². The second-order valence-electron chi connectivity index (χ2n) is 4.53. The molecule has 1 aromatic carbocycles. The first kappa shape index (κ1) is 16.9. The number of amides is 1. The summed E-state index contributed by atoms with van der Waals surface area (Å²) in [6, 6.07) is 6.16. The largest absolute Gasteiger partial charge is 0.328 e. The monoisotopic (exact) mass is 270 g/mol. The number of rotatable bonds is 5. The van der Waals surface area contributed by atoms with E-state index in [2.05, 4.69) is 12.2 Å². The van der Waals surface area contributed by atoms with Crippen LogP contribution in [0.1, 0.15) is 37.8 Å². The highest BCUT2D eigenvalue weighted by molar-refractivity contribution is 5.92. The number of halogens is 1. The lowest BCUT2D eigenvalue weighted by Gasteiger charge is -2.13. The van der Waals surface area contributed by atoms with Crippen molar-refractivity contribution in [1.29, 1.82) is 0 Å². The topological polar surface area (TPSA) is 55.1 Å². The summed E-state index contributed by atoms with van der Waals surface area (Å²) in [5.41, 5.74) is 8.89. The molecule has 3 N–H and O–H groups in total. The predicted octanol–water partition coefficient (Wildman–Crippen LogP) is 3.05. The van der Waals surface area contributed by atoms with Crippen LogP contribution in [0.4, 0.5) is 5.69 Å². The molecular weight excluding hydrogens is 248 g/mol. The van der Waals surface area contributed by atoms with Crippen LogP contribution < -0.4 is 11.1 Å². The molecule has 0 radical (unpaired) electrons. The third-order valence-electron chi connectivity index (χ3n) is 2.83. The van der Waals surface area contributed by atoms with Gasteiger partial charge in [-0.1, -0.05) is 25.1 Å². The number of hydrogen-bond donors (Lipinski definition) is 2. The summed E-state index contributed by atoms with van der Waals surface area (Å²) >= 11 is 0. The molecule has 0 aliphatic carbocycles. The first-order chi connectivity index (χ1) is 8.04. The molecule has 1 atom stereocenters. The summed E-state index contributed by atoms with van der Waals surface area (Å²) in [5.74, 6) is 0.0475. The van der Waals surface area contributed by atoms with E-state index in [0.717, 1.165) is 24.1 Å². The fourth-order valence-corrected chi connectivity index (χ4v) is 1.76. The van der Waals surface area contributed by atoms with Gasteiger partial charge >= 0.3 is 0 Å². The highest BCUT2D eigenvalue weighted by Crippen LogP contribution is 2.21. The standard InChI is InChI=1S/C14H22N2O.ClH/c1-4-12-7-5-6-10(2)14(12)16-13(17)9-8-11(3)15;/h5-7,11H,4,8-9,15H2,1-3H3,(H,16,17);1H. The highest BCUT2D eigenvalue weighted by atomic mass is 35.5. The van der Waals surface area contributed by atoms with Crippen LogP contribution in [0, 0.1) is 6.92 Å². The summed E-state index contributed by atoms with van der Waals surface area (Å²) in [6.07, 6.45) is 2.12. The molecule has 4 heteroatoms. The van der Waals surface area contributed by atoms with Crippen molar-refractivity contribution < 1.29 is 4.79 Å². The molecule has 102 valence electrons. The molecule has 0 aliphatic rings. The van der Waals surface area contributed by atoms with Gasteiger partial charge in [0.25, 0.3) is 0 Å². The lowest BCUT2D eigenvalue weighted by atomic mass is 10.1. The number of benzene rings is 1. The number of aryl methyl sites for hydroxylation is 2. The summed E-state index contributed by atoms with van der Waals surface area (Å²) in [4.78, 5) is 11.8. The Morgan fingerprint density at radius 3 is 2.67 bits per heavy atom. The quantitative estimate of drug-likeness (QED) is 0.864. The van der Waals surface area contributed by atoms with Crippen molar-refractivity contribution in [2.45, 2.75) is 46.1 Å². The van der Waals surface area contributed by atoms with Gasteiger partial charge in [-0.25, -0.2) is 0 Å². The average Bonchev–Trinajstić information content (AvgIpc) is 2.29. The number of carbonyl (C=O) groups excluding carboxylic acids is 1. The molecule has 0 saturated heterocycles. The molecule has 3 nitrogen and oxygen atoms in total. The van der Waals surface area contributed by atoms with Crippen LogP contribution in [-0.4, -0.2) is 11.9 Å². The minimum Gasteiger partial charge on any atom is -0.328 e. The average molecular weight is 271 g/mol. The lowest BCUT2D eigenvalue weighted by molar-refractivity contribution is -0.116. The molecule has 0 bridgehead atoms. The van der Waals surface area contributed by atoms with Crippen LogP contribution in [0.5, 0.6) is 0 Å². The van der Waals surface area contributed by atoms with Gasteiger partial charge < -0.3 is 11.1 Å². The Labute approximate surface area is 116 Å². The molecule has 0 aliphatic heterocycles. The van der Waals surface area contributed by atoms with Crippen molar-refractivity contribution in [3.8, 4) is 0 Å². The summed E-state index contributed by atoms with van der Waals surface area (Å²) in [7, 11) is 0. The summed E-state index contributed by atoms with van der Waals surface area (Å²) in [5, 5.41) is 2.99. The van der Waals surface area contributed by atoms with E-state index in [0.29, 0.717) is 6.42 Å². The third-order valence-corrected chi connectivity index (χ3v) is 2.83. The predicted molar refractivity (Wildman–Crippen MR) is 79.3 cm³/mol. The van der Waals surface area contributed by atoms with Crippen LogP contribution in [0.25, 0.3) is 0 Å². The molecule has 0 heterocycles. The van der Waals surface area contributed by atoms with Gasteiger partial charge in [0, 0.05) is 18.2 Å². The van der Waals surface area contributed by atoms with Crippen molar-refractivity contribution in [2.75, 3.05) is 5.32 Å². The van der Waals surface area contributed by atoms with Crippen LogP contribution in [0.2, 0.25) is 0 Å². The van der Waals surface area contributed by atoms with Crippen molar-refractivity contribution in [3.05, 3.63) is 29.3 Å². The van der Waals surface area contributed by atoms with Crippen molar-refractivity contribution in [2.24, 2.45) is 5.73 Å². The third kappa shape index (κ3) is 5.07. The Morgan fingerprint density at radius 1 is 1.44 bits per heavy atom. The van der Waals surface area contributed by atoms with Gasteiger partial charge in [-0.05, 0) is 37.8 Å². The molecule has 0 spiro atoms. The first-order valence-electron chi connectivity index (χ1n) is 6.18. The van der Waals surface area contributed by atoms with Gasteiger partial charge in [-0.3, -0.25) is 4.79 Å². The van der Waals surface area contributed by atoms with E-state index in [9.17, 15) is 4.79 Å². The van der Waals surface area contributed by atoms with Crippen LogP contribution in [-0.2, 0) is 11.2 Å². The van der Waals surface area contributed by atoms with E-state index >= 15 is 0 Å². The minimum absolute atomic E-state index is 0. The second-order valence-corrected chi connectivity index (χ2v) is 4.53. The van der Waals surface area contributed by atoms with Gasteiger partial charge in [0.1, 0.15) is 0 Å². The molecule has 1 aromatic rings. The van der Waals surface area contributed by atoms with E-state index in [4.69, 9.17) is 5.73 Å². The second kappa shape index (κ2) is 8.11. The SMILES string of the molecule is CCc1cccc(C)c1NC(=O)CCC(C)N.Cl. The fourth-order valence-electron chi connectivity index (χ4n) is 1.76. The highest BCUT2D eigenvalue weighted by Gasteiger charge is 2.08. The smallest absolute Gasteiger partial charge is 0.224 e. The normalized spacial score (nSPS) is 11.6. The van der Waals surface area contributed by atoms with Crippen LogP contribution in [0.15, 0.2) is 18.2 Å². The van der Waals surface area contributed by atoms with Gasteiger partial charge in [0.05, 0.1) is 0 Å². The molecule has 0 saturated carbocycles. The number of nitrogens with one attached hydrogen (secondary N) is 1. The zero-order chi connectivity index (χ0) is 12.8. The molecule has 0 fully saturated rings. The van der Waals surface area contributed by atoms with Crippen molar-refractivity contribution in [3.63, 3.8) is 0 Å². The number of carbonyl (C=O) groups is 1. The zero-order valence-electron chi connectivity index (χ0n) is 11.3. The van der Waals surface area contributed by atoms with Gasteiger partial charge in [0.2, 0.25) is 5.91 Å². The van der Waals surface area contributed by atoms with Gasteiger partial charge in [-0.2, -0.15) is 0 Å². The summed E-state index contributed by atoms with van der Waals surface area (Å²) in [6.45, 7) is 6.02. The number of para-hydroxylation sites is 1. The maximum absolute atomic E-state index is 11.8. The maximum atomic E-state index is 11.8. The first-order valence-corrected chi connectivity index (χ1v) is 6.18. The number of nitrogens with two attached hydrogens (primary N) is 1. The Balaban J connectivity index is 0.00000289. The van der Waals surface area contributed by atoms with Crippen molar-refractivity contribution >= 4 is 24.0 Å². The zero-order valence-corrected chi connectivity index (χ0v) is 12.1. The lowest BCUT2D eigenvalue weighted by Crippen LogP contribution is -2.20. The Hall–Kier alpha value is -1.06. The van der Waals surface area contributed by atoms with E-state index in [1.54, 1.807) is 0 Å². The molecule has 1 rings (SSSR count). The van der Waals surface area contributed by atoms with Gasteiger partial charge in [0.15, 0.2) is 0 Å². The number of anilines is 1. The number of hydrogen-bond acceptors (Lipinski definition) is 2. The maximum Gasteiger partial charge on any atom is 0.224 e. The van der Waals surface area contributed by atoms with Crippen molar-refractivity contribution in [1.82, 2.24) is 0 Å². The minimum atomic E-state index is 0. The molecular formula is C14H23ClN2O. The summed E-state index contributed by atoms with van der Waals surface area (Å²) < 4.78 is 0. The molecule has 1 unspecified atom stereocenters.